The van der Waals surface area contributed by atoms with Gasteiger partial charge in [-0.05, 0) is 51.0 Å². The first-order valence-corrected chi connectivity index (χ1v) is 9.95. The van der Waals surface area contributed by atoms with Crippen molar-refractivity contribution in [1.82, 2.24) is 9.88 Å². The van der Waals surface area contributed by atoms with Crippen molar-refractivity contribution in [2.45, 2.75) is 26.7 Å². The second kappa shape index (κ2) is 9.22. The van der Waals surface area contributed by atoms with Gasteiger partial charge in [0.25, 0.3) is 5.91 Å². The van der Waals surface area contributed by atoms with Gasteiger partial charge in [0.15, 0.2) is 6.61 Å². The van der Waals surface area contributed by atoms with Crippen molar-refractivity contribution >= 4 is 40.3 Å². The monoisotopic (exact) mass is 418 g/mol. The highest BCUT2D eigenvalue weighted by Gasteiger charge is 2.28. The standard InChI is InChI=1S/C21H23ClN2O5/c1-3-28-20(26)14-6-8-24(9-7-14)19(25)12-29-21(27)17-11-15-10-16(22)4-5-18(15)23-13(17)2/h4-5,10-11,14H,3,6-9,12H2,1-2H3. The second-order valence-corrected chi connectivity index (χ2v) is 7.38. The predicted molar refractivity (Wildman–Crippen MR) is 108 cm³/mol. The van der Waals surface area contributed by atoms with Crippen LogP contribution in [0.2, 0.25) is 5.02 Å². The topological polar surface area (TPSA) is 85.8 Å². The summed E-state index contributed by atoms with van der Waals surface area (Å²) < 4.78 is 10.2. The Morgan fingerprint density at radius 3 is 2.59 bits per heavy atom. The van der Waals surface area contributed by atoms with Gasteiger partial charge in [-0.15, -0.1) is 0 Å². The van der Waals surface area contributed by atoms with Crippen LogP contribution in [0.25, 0.3) is 10.9 Å². The number of esters is 2. The van der Waals surface area contributed by atoms with E-state index in [0.717, 1.165) is 10.9 Å². The molecule has 1 aliphatic rings. The number of amides is 1. The molecule has 0 saturated carbocycles. The molecule has 2 aromatic rings. The summed E-state index contributed by atoms with van der Waals surface area (Å²) in [5.74, 6) is -1.29. The smallest absolute Gasteiger partial charge is 0.340 e. The Morgan fingerprint density at radius 2 is 1.90 bits per heavy atom. The van der Waals surface area contributed by atoms with Crippen LogP contribution in [0.5, 0.6) is 0 Å². The number of rotatable bonds is 5. The zero-order valence-corrected chi connectivity index (χ0v) is 17.2. The molecule has 1 aromatic carbocycles. The number of halogens is 1. The van der Waals surface area contributed by atoms with E-state index in [4.69, 9.17) is 21.1 Å². The molecule has 1 aliphatic heterocycles. The molecule has 0 spiro atoms. The van der Waals surface area contributed by atoms with E-state index in [2.05, 4.69) is 4.98 Å². The van der Waals surface area contributed by atoms with Crippen LogP contribution in [0, 0.1) is 12.8 Å². The van der Waals surface area contributed by atoms with Crippen molar-refractivity contribution in [2.24, 2.45) is 5.92 Å². The van der Waals surface area contributed by atoms with Crippen molar-refractivity contribution < 1.29 is 23.9 Å². The van der Waals surface area contributed by atoms with Gasteiger partial charge in [0.1, 0.15) is 0 Å². The molecule has 0 aliphatic carbocycles. The number of hydrogen-bond donors (Lipinski definition) is 0. The van der Waals surface area contributed by atoms with Crippen LogP contribution in [0.15, 0.2) is 24.3 Å². The molecule has 0 N–H and O–H groups in total. The molecule has 29 heavy (non-hydrogen) atoms. The number of piperidine rings is 1. The number of ether oxygens (including phenoxy) is 2. The Morgan fingerprint density at radius 1 is 1.17 bits per heavy atom. The normalized spacial score (nSPS) is 14.7. The molecule has 1 fully saturated rings. The number of likely N-dealkylation sites (tertiary alicyclic amines) is 1. The summed E-state index contributed by atoms with van der Waals surface area (Å²) in [6.07, 6.45) is 1.10. The average molecular weight is 419 g/mol. The van der Waals surface area contributed by atoms with Crippen molar-refractivity contribution in [2.75, 3.05) is 26.3 Å². The zero-order chi connectivity index (χ0) is 21.0. The zero-order valence-electron chi connectivity index (χ0n) is 16.4. The van der Waals surface area contributed by atoms with Gasteiger partial charge < -0.3 is 14.4 Å². The number of pyridine rings is 1. The molecule has 0 radical (unpaired) electrons. The first-order chi connectivity index (χ1) is 13.9. The molecule has 1 saturated heterocycles. The van der Waals surface area contributed by atoms with E-state index in [1.54, 1.807) is 43.0 Å². The van der Waals surface area contributed by atoms with Crippen molar-refractivity contribution in [1.29, 1.82) is 0 Å². The molecular weight excluding hydrogens is 396 g/mol. The number of carbonyl (C=O) groups is 3. The molecule has 1 amide bonds. The van der Waals surface area contributed by atoms with E-state index in [0.29, 0.717) is 48.8 Å². The minimum absolute atomic E-state index is 0.181. The molecule has 3 rings (SSSR count). The number of fused-ring (bicyclic) bond motifs is 1. The van der Waals surface area contributed by atoms with E-state index in [1.807, 2.05) is 0 Å². The van der Waals surface area contributed by atoms with E-state index in [9.17, 15) is 14.4 Å². The lowest BCUT2D eigenvalue weighted by atomic mass is 9.97. The van der Waals surface area contributed by atoms with E-state index >= 15 is 0 Å². The number of aromatic nitrogens is 1. The predicted octanol–water partition coefficient (Wildman–Crippen LogP) is 3.16. The Hall–Kier alpha value is -2.67. The fourth-order valence-corrected chi connectivity index (χ4v) is 3.55. The minimum atomic E-state index is -0.605. The first kappa shape index (κ1) is 21.0. The summed E-state index contributed by atoms with van der Waals surface area (Å²) in [7, 11) is 0. The van der Waals surface area contributed by atoms with E-state index in [-0.39, 0.29) is 24.4 Å². The van der Waals surface area contributed by atoms with Gasteiger partial charge in [-0.1, -0.05) is 11.6 Å². The van der Waals surface area contributed by atoms with Crippen LogP contribution in [-0.2, 0) is 19.1 Å². The first-order valence-electron chi connectivity index (χ1n) is 9.57. The maximum absolute atomic E-state index is 12.5. The Kier molecular flexibility index (Phi) is 6.69. The maximum atomic E-state index is 12.5. The molecule has 7 nitrogen and oxygen atoms in total. The molecule has 2 heterocycles. The lowest BCUT2D eigenvalue weighted by Crippen LogP contribution is -2.42. The van der Waals surface area contributed by atoms with E-state index in [1.165, 1.54) is 0 Å². The third-order valence-electron chi connectivity index (χ3n) is 4.98. The highest BCUT2D eigenvalue weighted by atomic mass is 35.5. The summed E-state index contributed by atoms with van der Waals surface area (Å²) in [5.41, 5.74) is 1.55. The molecule has 1 aromatic heterocycles. The molecule has 154 valence electrons. The molecule has 0 atom stereocenters. The highest BCUT2D eigenvalue weighted by molar-refractivity contribution is 6.31. The number of hydrogen-bond acceptors (Lipinski definition) is 6. The average Bonchev–Trinajstić information content (AvgIpc) is 2.71. The fourth-order valence-electron chi connectivity index (χ4n) is 3.37. The maximum Gasteiger partial charge on any atom is 0.340 e. The van der Waals surface area contributed by atoms with Gasteiger partial charge in [0.05, 0.1) is 29.3 Å². The van der Waals surface area contributed by atoms with Crippen molar-refractivity contribution in [3.63, 3.8) is 0 Å². The minimum Gasteiger partial charge on any atom is -0.466 e. The number of carbonyl (C=O) groups excluding carboxylic acids is 3. The van der Waals surface area contributed by atoms with Crippen molar-refractivity contribution in [3.05, 3.63) is 40.5 Å². The van der Waals surface area contributed by atoms with Gasteiger partial charge in [-0.3, -0.25) is 14.6 Å². The van der Waals surface area contributed by atoms with Crippen LogP contribution >= 0.6 is 11.6 Å². The lowest BCUT2D eigenvalue weighted by molar-refractivity contribution is -0.151. The Bertz CT molecular complexity index is 938. The van der Waals surface area contributed by atoms with Gasteiger partial charge in [-0.25, -0.2) is 4.79 Å². The quantitative estimate of drug-likeness (QED) is 0.693. The molecule has 8 heteroatoms. The Labute approximate surface area is 173 Å². The third-order valence-corrected chi connectivity index (χ3v) is 5.22. The second-order valence-electron chi connectivity index (χ2n) is 6.94. The molecular formula is C21H23ClN2O5. The third kappa shape index (κ3) is 5.03. The van der Waals surface area contributed by atoms with Gasteiger partial charge >= 0.3 is 11.9 Å². The molecule has 0 unspecified atom stereocenters. The number of benzene rings is 1. The van der Waals surface area contributed by atoms with Crippen LogP contribution in [-0.4, -0.2) is 54.0 Å². The highest BCUT2D eigenvalue weighted by Crippen LogP contribution is 2.22. The van der Waals surface area contributed by atoms with Crippen LogP contribution in [0.3, 0.4) is 0 Å². The summed E-state index contributed by atoms with van der Waals surface area (Å²) in [6, 6.07) is 6.90. The van der Waals surface area contributed by atoms with Crippen LogP contribution < -0.4 is 0 Å². The Balaban J connectivity index is 1.57. The fraction of sp³-hybridized carbons (Fsp3) is 0.429. The SMILES string of the molecule is CCOC(=O)C1CCN(C(=O)COC(=O)c2cc3cc(Cl)ccc3nc2C)CC1. The van der Waals surface area contributed by atoms with Gasteiger partial charge in [0, 0.05) is 23.5 Å². The summed E-state index contributed by atoms with van der Waals surface area (Å²) in [5, 5.41) is 1.27. The molecule has 0 bridgehead atoms. The van der Waals surface area contributed by atoms with Crippen molar-refractivity contribution in [3.8, 4) is 0 Å². The van der Waals surface area contributed by atoms with E-state index < -0.39 is 5.97 Å². The summed E-state index contributed by atoms with van der Waals surface area (Å²) in [4.78, 5) is 42.6. The van der Waals surface area contributed by atoms with Gasteiger partial charge in [0.2, 0.25) is 0 Å². The van der Waals surface area contributed by atoms with Crippen LogP contribution in [0.1, 0.15) is 35.8 Å². The number of aryl methyl sites for hydroxylation is 1. The largest absolute Gasteiger partial charge is 0.466 e. The van der Waals surface area contributed by atoms with Gasteiger partial charge in [-0.2, -0.15) is 0 Å². The van der Waals surface area contributed by atoms with Crippen LogP contribution in [0.4, 0.5) is 0 Å². The summed E-state index contributed by atoms with van der Waals surface area (Å²) >= 11 is 6.00. The summed E-state index contributed by atoms with van der Waals surface area (Å²) in [6.45, 7) is 4.36. The number of nitrogens with zero attached hydrogens (tertiary/aromatic N) is 2. The lowest BCUT2D eigenvalue weighted by Gasteiger charge is -2.30.